The van der Waals surface area contributed by atoms with Crippen molar-refractivity contribution >= 4 is 43.6 Å². The Labute approximate surface area is 209 Å². The Hall–Kier alpha value is -4.81. The van der Waals surface area contributed by atoms with Crippen LogP contribution in [-0.2, 0) is 7.05 Å². The number of aryl methyl sites for hydroxylation is 2. The normalized spacial score (nSPS) is 11.6. The molecule has 3 nitrogen and oxygen atoms in total. The molecule has 5 aromatic carbocycles. The highest BCUT2D eigenvalue weighted by atomic mass is 15.0. The van der Waals surface area contributed by atoms with E-state index in [2.05, 4.69) is 113 Å². The maximum atomic E-state index is 9.65. The molecule has 7 aromatic rings. The van der Waals surface area contributed by atoms with Crippen LogP contribution in [0.2, 0.25) is 0 Å². The van der Waals surface area contributed by atoms with Crippen molar-refractivity contribution in [3.8, 4) is 22.9 Å². The van der Waals surface area contributed by atoms with Gasteiger partial charge < -0.3 is 9.13 Å². The van der Waals surface area contributed by atoms with Crippen molar-refractivity contribution in [3.05, 3.63) is 114 Å². The molecule has 0 N–H and O–H groups in total. The molecular formula is C33H23N3. The molecule has 0 atom stereocenters. The molecule has 170 valence electrons. The maximum Gasteiger partial charge on any atom is 0.0998 e. The van der Waals surface area contributed by atoms with Crippen molar-refractivity contribution in [2.45, 2.75) is 6.92 Å². The molecular weight excluding hydrogens is 438 g/mol. The number of nitriles is 1. The lowest BCUT2D eigenvalue weighted by molar-refractivity contribution is 1.01. The first-order valence-corrected chi connectivity index (χ1v) is 12.2. The van der Waals surface area contributed by atoms with Crippen molar-refractivity contribution < 1.29 is 0 Å². The molecule has 0 saturated carbocycles. The van der Waals surface area contributed by atoms with Crippen molar-refractivity contribution in [2.75, 3.05) is 0 Å². The molecule has 0 aliphatic heterocycles. The second-order valence-corrected chi connectivity index (χ2v) is 9.49. The molecule has 0 saturated heterocycles. The highest BCUT2D eigenvalue weighted by Crippen LogP contribution is 2.41. The van der Waals surface area contributed by atoms with Gasteiger partial charge >= 0.3 is 0 Å². The van der Waals surface area contributed by atoms with Crippen LogP contribution in [0.1, 0.15) is 11.1 Å². The van der Waals surface area contributed by atoms with Gasteiger partial charge in [0.2, 0.25) is 0 Å². The molecule has 0 amide bonds. The van der Waals surface area contributed by atoms with E-state index < -0.39 is 0 Å². The predicted octanol–water partition coefficient (Wildman–Crippen LogP) is 8.28. The number of benzene rings is 5. The van der Waals surface area contributed by atoms with Gasteiger partial charge in [0.25, 0.3) is 0 Å². The molecule has 0 aliphatic carbocycles. The Morgan fingerprint density at radius 1 is 0.639 bits per heavy atom. The van der Waals surface area contributed by atoms with E-state index in [1.54, 1.807) is 0 Å². The number of para-hydroxylation sites is 2. The first-order valence-electron chi connectivity index (χ1n) is 12.2. The monoisotopic (exact) mass is 461 g/mol. The molecule has 36 heavy (non-hydrogen) atoms. The summed E-state index contributed by atoms with van der Waals surface area (Å²) in [5, 5.41) is 14.8. The van der Waals surface area contributed by atoms with Crippen LogP contribution in [0.3, 0.4) is 0 Å². The van der Waals surface area contributed by atoms with E-state index >= 15 is 0 Å². The second-order valence-electron chi connectivity index (χ2n) is 9.49. The minimum absolute atomic E-state index is 0.706. The van der Waals surface area contributed by atoms with E-state index in [0.717, 1.165) is 22.4 Å². The number of aromatic nitrogens is 2. The van der Waals surface area contributed by atoms with Gasteiger partial charge in [-0.2, -0.15) is 5.26 Å². The van der Waals surface area contributed by atoms with Gasteiger partial charge in [0.15, 0.2) is 0 Å². The largest absolute Gasteiger partial charge is 0.344 e. The standard InChI is InChI=1S/C33H23N3/c1-21-11-16-25(23(19-21)20-34)22-12-14-24(15-13-22)36-29-10-6-4-8-27(29)33-31(36)18-17-30-32(33)26-7-3-5-9-28(26)35(30)2/h3-19H,1-2H3. The van der Waals surface area contributed by atoms with Gasteiger partial charge in [-0.05, 0) is 66.1 Å². The Morgan fingerprint density at radius 2 is 1.28 bits per heavy atom. The molecule has 2 aromatic heterocycles. The summed E-state index contributed by atoms with van der Waals surface area (Å²) in [4.78, 5) is 0. The van der Waals surface area contributed by atoms with E-state index in [1.165, 1.54) is 43.6 Å². The highest BCUT2D eigenvalue weighted by molar-refractivity contribution is 6.28. The summed E-state index contributed by atoms with van der Waals surface area (Å²) in [5.41, 5.74) is 9.79. The fourth-order valence-corrected chi connectivity index (χ4v) is 5.78. The van der Waals surface area contributed by atoms with E-state index in [9.17, 15) is 5.26 Å². The molecule has 0 unspecified atom stereocenters. The fraction of sp³-hybridized carbons (Fsp3) is 0.0606. The Bertz CT molecular complexity index is 2010. The molecule has 2 heterocycles. The molecule has 0 aliphatic rings. The van der Waals surface area contributed by atoms with E-state index in [1.807, 2.05) is 19.1 Å². The number of hydrogen-bond donors (Lipinski definition) is 0. The number of fused-ring (bicyclic) bond motifs is 7. The third kappa shape index (κ3) is 2.79. The first kappa shape index (κ1) is 20.6. The van der Waals surface area contributed by atoms with Gasteiger partial charge in [-0.15, -0.1) is 0 Å². The zero-order valence-corrected chi connectivity index (χ0v) is 20.2. The molecule has 0 fully saturated rings. The maximum absolute atomic E-state index is 9.65. The first-order chi connectivity index (χ1) is 17.7. The fourth-order valence-electron chi connectivity index (χ4n) is 5.78. The van der Waals surface area contributed by atoms with E-state index in [4.69, 9.17) is 0 Å². The van der Waals surface area contributed by atoms with Crippen LogP contribution < -0.4 is 0 Å². The minimum Gasteiger partial charge on any atom is -0.344 e. The minimum atomic E-state index is 0.706. The molecule has 0 radical (unpaired) electrons. The lowest BCUT2D eigenvalue weighted by Crippen LogP contribution is -1.94. The number of hydrogen-bond acceptors (Lipinski definition) is 1. The topological polar surface area (TPSA) is 33.6 Å². The Balaban J connectivity index is 1.51. The lowest BCUT2D eigenvalue weighted by Gasteiger charge is -2.10. The average molecular weight is 462 g/mol. The Morgan fingerprint density at radius 3 is 2.03 bits per heavy atom. The van der Waals surface area contributed by atoms with Crippen molar-refractivity contribution in [1.29, 1.82) is 5.26 Å². The average Bonchev–Trinajstić information content (AvgIpc) is 3.41. The van der Waals surface area contributed by atoms with Crippen molar-refractivity contribution in [2.24, 2.45) is 7.05 Å². The molecule has 7 rings (SSSR count). The molecule has 0 bridgehead atoms. The van der Waals surface area contributed by atoms with Gasteiger partial charge in [0, 0.05) is 45.3 Å². The van der Waals surface area contributed by atoms with Gasteiger partial charge in [-0.3, -0.25) is 0 Å². The lowest BCUT2D eigenvalue weighted by atomic mass is 9.98. The number of rotatable bonds is 2. The van der Waals surface area contributed by atoms with Crippen LogP contribution in [-0.4, -0.2) is 9.13 Å². The quantitative estimate of drug-likeness (QED) is 0.255. The van der Waals surface area contributed by atoms with Crippen molar-refractivity contribution in [3.63, 3.8) is 0 Å². The summed E-state index contributed by atoms with van der Waals surface area (Å²) in [6.07, 6.45) is 0. The Kier molecular flexibility index (Phi) is 4.34. The van der Waals surface area contributed by atoms with E-state index in [0.29, 0.717) is 5.56 Å². The summed E-state index contributed by atoms with van der Waals surface area (Å²) in [6, 6.07) is 38.8. The zero-order valence-electron chi connectivity index (χ0n) is 20.2. The second kappa shape index (κ2) is 7.60. The highest BCUT2D eigenvalue weighted by Gasteiger charge is 2.18. The third-order valence-electron chi connectivity index (χ3n) is 7.44. The van der Waals surface area contributed by atoms with Gasteiger partial charge in [0.1, 0.15) is 0 Å². The number of nitrogens with zero attached hydrogens (tertiary/aromatic N) is 3. The smallest absolute Gasteiger partial charge is 0.0998 e. The SMILES string of the molecule is Cc1ccc(-c2ccc(-n3c4ccccc4c4c5c6ccccc6n(C)c5ccc43)cc2)c(C#N)c1. The van der Waals surface area contributed by atoms with Crippen LogP contribution in [0, 0.1) is 18.3 Å². The third-order valence-corrected chi connectivity index (χ3v) is 7.44. The summed E-state index contributed by atoms with van der Waals surface area (Å²) in [7, 11) is 2.15. The van der Waals surface area contributed by atoms with Crippen molar-refractivity contribution in [1.82, 2.24) is 9.13 Å². The van der Waals surface area contributed by atoms with Crippen LogP contribution in [0.25, 0.3) is 60.4 Å². The molecule has 0 spiro atoms. The zero-order chi connectivity index (χ0) is 24.4. The van der Waals surface area contributed by atoms with Crippen LogP contribution in [0.4, 0.5) is 0 Å². The summed E-state index contributed by atoms with van der Waals surface area (Å²) >= 11 is 0. The summed E-state index contributed by atoms with van der Waals surface area (Å²) in [5.74, 6) is 0. The summed E-state index contributed by atoms with van der Waals surface area (Å²) < 4.78 is 4.65. The van der Waals surface area contributed by atoms with Gasteiger partial charge in [0.05, 0.1) is 22.7 Å². The van der Waals surface area contributed by atoms with Crippen LogP contribution >= 0.6 is 0 Å². The molecule has 3 heteroatoms. The van der Waals surface area contributed by atoms with Crippen LogP contribution in [0.5, 0.6) is 0 Å². The summed E-state index contributed by atoms with van der Waals surface area (Å²) in [6.45, 7) is 2.02. The van der Waals surface area contributed by atoms with Gasteiger partial charge in [-0.25, -0.2) is 0 Å². The van der Waals surface area contributed by atoms with Crippen LogP contribution in [0.15, 0.2) is 103 Å². The van der Waals surface area contributed by atoms with Gasteiger partial charge in [-0.1, -0.05) is 60.7 Å². The predicted molar refractivity (Wildman–Crippen MR) is 150 cm³/mol. The van der Waals surface area contributed by atoms with E-state index in [-0.39, 0.29) is 0 Å².